The van der Waals surface area contributed by atoms with E-state index in [9.17, 15) is 0 Å². The van der Waals surface area contributed by atoms with Crippen molar-refractivity contribution in [2.24, 2.45) is 11.8 Å². The zero-order valence-corrected chi connectivity index (χ0v) is 19.1. The highest BCUT2D eigenvalue weighted by Crippen LogP contribution is 2.43. The Hall–Kier alpha value is 0.354. The molecule has 1 fully saturated rings. The van der Waals surface area contributed by atoms with Gasteiger partial charge in [-0.15, -0.1) is 0 Å². The molecular formula is C19H42O2Si2. The SMILES string of the molecule is CCCCC1CC(O[Si](C)(C)C)C(O[Si](C)(C)C)C1CCCC. The molecule has 1 aliphatic carbocycles. The molecule has 0 radical (unpaired) electrons. The Morgan fingerprint density at radius 1 is 0.783 bits per heavy atom. The largest absolute Gasteiger partial charge is 0.412 e. The minimum atomic E-state index is -1.55. The summed E-state index contributed by atoms with van der Waals surface area (Å²) in [4.78, 5) is 0. The lowest BCUT2D eigenvalue weighted by Gasteiger charge is -2.35. The third kappa shape index (κ3) is 7.85. The predicted molar refractivity (Wildman–Crippen MR) is 107 cm³/mol. The van der Waals surface area contributed by atoms with Crippen LogP contribution in [0.5, 0.6) is 0 Å². The summed E-state index contributed by atoms with van der Waals surface area (Å²) in [5.41, 5.74) is 0. The summed E-state index contributed by atoms with van der Waals surface area (Å²) in [6, 6.07) is 0. The molecule has 0 N–H and O–H groups in total. The summed E-state index contributed by atoms with van der Waals surface area (Å²) in [6.07, 6.45) is 9.89. The van der Waals surface area contributed by atoms with Crippen LogP contribution in [0.1, 0.15) is 58.8 Å². The maximum atomic E-state index is 6.71. The highest BCUT2D eigenvalue weighted by atomic mass is 28.4. The number of unbranched alkanes of at least 4 members (excludes halogenated alkanes) is 2. The van der Waals surface area contributed by atoms with Gasteiger partial charge in [-0.05, 0) is 70.4 Å². The summed E-state index contributed by atoms with van der Waals surface area (Å²) in [6.45, 7) is 18.6. The van der Waals surface area contributed by atoms with Crippen molar-refractivity contribution in [3.63, 3.8) is 0 Å². The quantitative estimate of drug-likeness (QED) is 0.418. The first-order chi connectivity index (χ1) is 10.6. The van der Waals surface area contributed by atoms with Crippen LogP contribution in [0.15, 0.2) is 0 Å². The van der Waals surface area contributed by atoms with Gasteiger partial charge in [0.25, 0.3) is 0 Å². The van der Waals surface area contributed by atoms with Gasteiger partial charge in [0, 0.05) is 0 Å². The Labute approximate surface area is 148 Å². The minimum absolute atomic E-state index is 0.345. The second-order valence-electron chi connectivity index (χ2n) is 9.41. The second kappa shape index (κ2) is 9.16. The van der Waals surface area contributed by atoms with Crippen LogP contribution < -0.4 is 0 Å². The van der Waals surface area contributed by atoms with Crippen LogP contribution in [0, 0.1) is 11.8 Å². The van der Waals surface area contributed by atoms with E-state index in [0.29, 0.717) is 12.2 Å². The van der Waals surface area contributed by atoms with Crippen molar-refractivity contribution < 1.29 is 8.85 Å². The molecule has 23 heavy (non-hydrogen) atoms. The number of hydrogen-bond donors (Lipinski definition) is 0. The van der Waals surface area contributed by atoms with E-state index in [4.69, 9.17) is 8.85 Å². The fourth-order valence-electron chi connectivity index (χ4n) is 3.93. The van der Waals surface area contributed by atoms with Gasteiger partial charge in [0.05, 0.1) is 12.2 Å². The molecule has 1 aliphatic rings. The van der Waals surface area contributed by atoms with Crippen LogP contribution in [0.25, 0.3) is 0 Å². The van der Waals surface area contributed by atoms with Gasteiger partial charge >= 0.3 is 0 Å². The Kier molecular flexibility index (Phi) is 8.52. The molecule has 0 saturated heterocycles. The van der Waals surface area contributed by atoms with E-state index in [2.05, 4.69) is 53.1 Å². The van der Waals surface area contributed by atoms with E-state index in [1.165, 1.54) is 44.9 Å². The second-order valence-corrected chi connectivity index (χ2v) is 18.3. The standard InChI is InChI=1S/C19H42O2Si2/c1-9-11-13-16-15-18(20-22(3,4)5)19(21-23(6,7)8)17(16)14-12-10-2/h16-19H,9-15H2,1-8H3. The van der Waals surface area contributed by atoms with E-state index < -0.39 is 16.6 Å². The van der Waals surface area contributed by atoms with Gasteiger partial charge in [0.15, 0.2) is 16.6 Å². The lowest BCUT2D eigenvalue weighted by atomic mass is 9.86. The Bertz CT molecular complexity index is 333. The zero-order valence-electron chi connectivity index (χ0n) is 17.1. The predicted octanol–water partition coefficient (Wildman–Crippen LogP) is 6.44. The lowest BCUT2D eigenvalue weighted by Crippen LogP contribution is -2.44. The van der Waals surface area contributed by atoms with Crippen molar-refractivity contribution in [1.29, 1.82) is 0 Å². The van der Waals surface area contributed by atoms with Crippen LogP contribution >= 0.6 is 0 Å². The molecule has 4 unspecified atom stereocenters. The van der Waals surface area contributed by atoms with Crippen molar-refractivity contribution in [1.82, 2.24) is 0 Å². The van der Waals surface area contributed by atoms with Gasteiger partial charge in [0.1, 0.15) is 0 Å². The molecule has 0 amide bonds. The summed E-state index contributed by atoms with van der Waals surface area (Å²) in [5, 5.41) is 0. The summed E-state index contributed by atoms with van der Waals surface area (Å²) in [7, 11) is -3.07. The highest BCUT2D eigenvalue weighted by molar-refractivity contribution is 6.70. The van der Waals surface area contributed by atoms with Crippen molar-refractivity contribution in [3.05, 3.63) is 0 Å². The molecular weight excluding hydrogens is 316 g/mol. The molecule has 4 heteroatoms. The van der Waals surface area contributed by atoms with Crippen molar-refractivity contribution in [2.45, 2.75) is 110 Å². The van der Waals surface area contributed by atoms with Crippen molar-refractivity contribution in [3.8, 4) is 0 Å². The Morgan fingerprint density at radius 3 is 1.78 bits per heavy atom. The van der Waals surface area contributed by atoms with Crippen LogP contribution in [0.2, 0.25) is 39.3 Å². The maximum Gasteiger partial charge on any atom is 0.184 e. The van der Waals surface area contributed by atoms with Gasteiger partial charge in [0.2, 0.25) is 0 Å². The van der Waals surface area contributed by atoms with Gasteiger partial charge < -0.3 is 8.85 Å². The van der Waals surface area contributed by atoms with Gasteiger partial charge in [-0.25, -0.2) is 0 Å². The normalized spacial score (nSPS) is 29.2. The zero-order chi connectivity index (χ0) is 17.7. The molecule has 1 rings (SSSR count). The third-order valence-electron chi connectivity index (χ3n) is 4.74. The molecule has 1 saturated carbocycles. The molecule has 4 atom stereocenters. The first kappa shape index (κ1) is 21.4. The molecule has 0 aromatic heterocycles. The lowest BCUT2D eigenvalue weighted by molar-refractivity contribution is 0.0391. The van der Waals surface area contributed by atoms with E-state index >= 15 is 0 Å². The molecule has 0 bridgehead atoms. The van der Waals surface area contributed by atoms with Crippen LogP contribution in [0.4, 0.5) is 0 Å². The summed E-state index contributed by atoms with van der Waals surface area (Å²) < 4.78 is 13.3. The molecule has 0 aliphatic heterocycles. The van der Waals surface area contributed by atoms with E-state index in [-0.39, 0.29) is 0 Å². The molecule has 0 spiro atoms. The topological polar surface area (TPSA) is 18.5 Å². The van der Waals surface area contributed by atoms with Crippen LogP contribution in [-0.2, 0) is 8.85 Å². The van der Waals surface area contributed by atoms with Crippen molar-refractivity contribution in [2.75, 3.05) is 0 Å². The number of rotatable bonds is 10. The van der Waals surface area contributed by atoms with E-state index in [1.807, 2.05) is 0 Å². The van der Waals surface area contributed by atoms with E-state index in [0.717, 1.165) is 11.8 Å². The summed E-state index contributed by atoms with van der Waals surface area (Å²) in [5.74, 6) is 1.53. The monoisotopic (exact) mass is 358 g/mol. The number of hydrogen-bond acceptors (Lipinski definition) is 2. The molecule has 138 valence electrons. The first-order valence-corrected chi connectivity index (χ1v) is 16.7. The Morgan fingerprint density at radius 2 is 1.30 bits per heavy atom. The fraction of sp³-hybridized carbons (Fsp3) is 1.00. The van der Waals surface area contributed by atoms with Crippen LogP contribution in [-0.4, -0.2) is 28.8 Å². The van der Waals surface area contributed by atoms with Gasteiger partial charge in [-0.3, -0.25) is 0 Å². The average molecular weight is 359 g/mol. The van der Waals surface area contributed by atoms with Gasteiger partial charge in [-0.1, -0.05) is 39.5 Å². The smallest absolute Gasteiger partial charge is 0.184 e. The maximum absolute atomic E-state index is 6.71. The van der Waals surface area contributed by atoms with Gasteiger partial charge in [-0.2, -0.15) is 0 Å². The third-order valence-corrected chi connectivity index (χ3v) is 6.73. The fourth-order valence-corrected chi connectivity index (χ4v) is 6.21. The molecule has 0 heterocycles. The van der Waals surface area contributed by atoms with E-state index in [1.54, 1.807) is 0 Å². The first-order valence-electron chi connectivity index (χ1n) is 9.93. The molecule has 0 aromatic rings. The molecule has 2 nitrogen and oxygen atoms in total. The minimum Gasteiger partial charge on any atom is -0.412 e. The van der Waals surface area contributed by atoms with Crippen LogP contribution in [0.3, 0.4) is 0 Å². The Balaban J connectivity index is 2.93. The highest BCUT2D eigenvalue weighted by Gasteiger charge is 2.46. The average Bonchev–Trinajstić information content (AvgIpc) is 2.67. The summed E-state index contributed by atoms with van der Waals surface area (Å²) >= 11 is 0. The van der Waals surface area contributed by atoms with Crippen molar-refractivity contribution >= 4 is 16.6 Å². The molecule has 0 aromatic carbocycles.